The lowest BCUT2D eigenvalue weighted by Crippen LogP contribution is -2.42. The summed E-state index contributed by atoms with van der Waals surface area (Å²) in [5.41, 5.74) is 1.50. The molecule has 3 rings (SSSR count). The van der Waals surface area contributed by atoms with E-state index in [1.54, 1.807) is 12.1 Å². The second-order valence-corrected chi connectivity index (χ2v) is 9.92. The number of nitrogens with one attached hydrogen (secondary N) is 1. The molecule has 1 N–H and O–H groups in total. The van der Waals surface area contributed by atoms with Gasteiger partial charge in [-0.3, -0.25) is 9.59 Å². The highest BCUT2D eigenvalue weighted by Gasteiger charge is 2.31. The Morgan fingerprint density at radius 3 is 2.52 bits per heavy atom. The standard InChI is InChI=1S/C25H34FN3O3S/c1-16(2)32-15-5-12-27-23(30)17(3)19-10-13-29(14-11-19)25(31)22-18(4)28-24(33-22)20-6-8-21(26)9-7-20/h6-9,16-17,19H,5,10-15H2,1-4H3,(H,27,30)/t17-/m0/s1. The molecule has 1 aliphatic heterocycles. The Hall–Kier alpha value is -2.32. The van der Waals surface area contributed by atoms with Crippen LogP contribution in [0.2, 0.25) is 0 Å². The van der Waals surface area contributed by atoms with Crippen LogP contribution in [-0.2, 0) is 9.53 Å². The summed E-state index contributed by atoms with van der Waals surface area (Å²) in [5.74, 6) is -0.0540. The minimum atomic E-state index is -0.297. The summed E-state index contributed by atoms with van der Waals surface area (Å²) < 4.78 is 18.7. The van der Waals surface area contributed by atoms with Gasteiger partial charge < -0.3 is 15.0 Å². The van der Waals surface area contributed by atoms with E-state index in [0.717, 1.165) is 29.8 Å². The zero-order valence-electron chi connectivity index (χ0n) is 19.9. The van der Waals surface area contributed by atoms with E-state index in [0.29, 0.717) is 36.8 Å². The fourth-order valence-electron chi connectivity index (χ4n) is 4.03. The van der Waals surface area contributed by atoms with Crippen molar-refractivity contribution < 1.29 is 18.7 Å². The van der Waals surface area contributed by atoms with Gasteiger partial charge >= 0.3 is 0 Å². The Kier molecular flexibility index (Phi) is 8.97. The summed E-state index contributed by atoms with van der Waals surface area (Å²) in [7, 11) is 0. The largest absolute Gasteiger partial charge is 0.379 e. The molecule has 0 radical (unpaired) electrons. The molecule has 6 nitrogen and oxygen atoms in total. The first kappa shape index (κ1) is 25.3. The second kappa shape index (κ2) is 11.7. The van der Waals surface area contributed by atoms with E-state index in [1.807, 2.05) is 32.6 Å². The number of amides is 2. The van der Waals surface area contributed by atoms with Crippen LogP contribution in [0.3, 0.4) is 0 Å². The molecule has 0 saturated carbocycles. The van der Waals surface area contributed by atoms with Crippen molar-refractivity contribution in [2.75, 3.05) is 26.2 Å². The number of rotatable bonds is 9. The number of hydrogen-bond donors (Lipinski definition) is 1. The van der Waals surface area contributed by atoms with E-state index in [4.69, 9.17) is 4.74 Å². The van der Waals surface area contributed by atoms with Crippen molar-refractivity contribution in [3.63, 3.8) is 0 Å². The van der Waals surface area contributed by atoms with Gasteiger partial charge in [-0.25, -0.2) is 9.37 Å². The lowest BCUT2D eigenvalue weighted by Gasteiger charge is -2.34. The van der Waals surface area contributed by atoms with Gasteiger partial charge in [0.25, 0.3) is 5.91 Å². The molecule has 8 heteroatoms. The van der Waals surface area contributed by atoms with Crippen LogP contribution in [0, 0.1) is 24.6 Å². The highest BCUT2D eigenvalue weighted by Crippen LogP contribution is 2.31. The molecular weight excluding hydrogens is 441 g/mol. The van der Waals surface area contributed by atoms with Crippen LogP contribution in [0.15, 0.2) is 24.3 Å². The Morgan fingerprint density at radius 2 is 1.88 bits per heavy atom. The van der Waals surface area contributed by atoms with E-state index in [2.05, 4.69) is 10.3 Å². The first-order valence-corrected chi connectivity index (χ1v) is 12.5. The third-order valence-electron chi connectivity index (χ3n) is 6.10. The lowest BCUT2D eigenvalue weighted by atomic mass is 9.84. The van der Waals surface area contributed by atoms with E-state index >= 15 is 0 Å². The highest BCUT2D eigenvalue weighted by atomic mass is 32.1. The van der Waals surface area contributed by atoms with Crippen molar-refractivity contribution in [2.45, 2.75) is 53.1 Å². The van der Waals surface area contributed by atoms with Crippen LogP contribution in [0.4, 0.5) is 4.39 Å². The van der Waals surface area contributed by atoms with Crippen LogP contribution in [0.1, 0.15) is 55.4 Å². The van der Waals surface area contributed by atoms with Crippen molar-refractivity contribution in [1.29, 1.82) is 0 Å². The molecule has 0 spiro atoms. The summed E-state index contributed by atoms with van der Waals surface area (Å²) in [6.45, 7) is 10.3. The maximum absolute atomic E-state index is 13.2. The SMILES string of the molecule is Cc1nc(-c2ccc(F)cc2)sc1C(=O)N1CCC([C@H](C)C(=O)NCCCOC(C)C)CC1. The predicted molar refractivity (Wildman–Crippen MR) is 129 cm³/mol. The molecule has 33 heavy (non-hydrogen) atoms. The number of carbonyl (C=O) groups excluding carboxylic acids is 2. The van der Waals surface area contributed by atoms with Gasteiger partial charge in [0.2, 0.25) is 5.91 Å². The topological polar surface area (TPSA) is 71.5 Å². The highest BCUT2D eigenvalue weighted by molar-refractivity contribution is 7.17. The Labute approximate surface area is 199 Å². The Morgan fingerprint density at radius 1 is 1.21 bits per heavy atom. The molecule has 1 aromatic heterocycles. The molecule has 0 unspecified atom stereocenters. The molecule has 1 aromatic carbocycles. The molecule has 1 atom stereocenters. The second-order valence-electron chi connectivity index (χ2n) is 8.92. The quantitative estimate of drug-likeness (QED) is 0.535. The van der Waals surface area contributed by atoms with Crippen LogP contribution in [0.5, 0.6) is 0 Å². The molecule has 1 saturated heterocycles. The number of ether oxygens (including phenoxy) is 1. The van der Waals surface area contributed by atoms with Crippen molar-refractivity contribution in [3.05, 3.63) is 40.7 Å². The van der Waals surface area contributed by atoms with E-state index in [-0.39, 0.29) is 35.6 Å². The van der Waals surface area contributed by atoms with Gasteiger partial charge in [-0.1, -0.05) is 6.92 Å². The average Bonchev–Trinajstić information content (AvgIpc) is 3.19. The summed E-state index contributed by atoms with van der Waals surface area (Å²) in [4.78, 5) is 32.7. The van der Waals surface area contributed by atoms with Crippen molar-refractivity contribution >= 4 is 23.2 Å². The number of aromatic nitrogens is 1. The fraction of sp³-hybridized carbons (Fsp3) is 0.560. The molecule has 0 aliphatic carbocycles. The number of hydrogen-bond acceptors (Lipinski definition) is 5. The van der Waals surface area contributed by atoms with Gasteiger partial charge in [0.05, 0.1) is 11.8 Å². The van der Waals surface area contributed by atoms with Gasteiger partial charge in [0.1, 0.15) is 15.7 Å². The van der Waals surface area contributed by atoms with Crippen molar-refractivity contribution in [1.82, 2.24) is 15.2 Å². The number of nitrogens with zero attached hydrogens (tertiary/aromatic N) is 2. The summed E-state index contributed by atoms with van der Waals surface area (Å²) in [6.07, 6.45) is 2.62. The third-order valence-corrected chi connectivity index (χ3v) is 7.30. The van der Waals surface area contributed by atoms with Crippen LogP contribution in [0.25, 0.3) is 10.6 Å². The zero-order chi connectivity index (χ0) is 24.0. The number of aryl methyl sites for hydroxylation is 1. The molecular formula is C25H34FN3O3S. The summed E-state index contributed by atoms with van der Waals surface area (Å²) in [6, 6.07) is 6.15. The van der Waals surface area contributed by atoms with Gasteiger partial charge in [0, 0.05) is 37.7 Å². The minimum absolute atomic E-state index is 0.0148. The molecule has 1 aliphatic rings. The van der Waals surface area contributed by atoms with Gasteiger partial charge in [-0.2, -0.15) is 0 Å². The smallest absolute Gasteiger partial charge is 0.265 e. The summed E-state index contributed by atoms with van der Waals surface area (Å²) in [5, 5.41) is 3.73. The maximum atomic E-state index is 13.2. The number of benzene rings is 1. The van der Waals surface area contributed by atoms with E-state index < -0.39 is 0 Å². The van der Waals surface area contributed by atoms with Crippen molar-refractivity contribution in [2.24, 2.45) is 11.8 Å². The molecule has 180 valence electrons. The van der Waals surface area contributed by atoms with Crippen molar-refractivity contribution in [3.8, 4) is 10.6 Å². The maximum Gasteiger partial charge on any atom is 0.265 e. The average molecular weight is 476 g/mol. The minimum Gasteiger partial charge on any atom is -0.379 e. The van der Waals surface area contributed by atoms with Gasteiger partial charge in [0.15, 0.2) is 0 Å². The normalized spacial score (nSPS) is 15.6. The van der Waals surface area contributed by atoms with Crippen LogP contribution < -0.4 is 5.32 Å². The number of piperidine rings is 1. The molecule has 0 bridgehead atoms. The first-order valence-electron chi connectivity index (χ1n) is 11.7. The van der Waals surface area contributed by atoms with E-state index in [9.17, 15) is 14.0 Å². The number of likely N-dealkylation sites (tertiary alicyclic amines) is 1. The zero-order valence-corrected chi connectivity index (χ0v) is 20.7. The molecule has 2 heterocycles. The van der Waals surface area contributed by atoms with Crippen LogP contribution in [-0.4, -0.2) is 54.0 Å². The van der Waals surface area contributed by atoms with E-state index in [1.165, 1.54) is 23.5 Å². The lowest BCUT2D eigenvalue weighted by molar-refractivity contribution is -0.126. The van der Waals surface area contributed by atoms with Gasteiger partial charge in [-0.15, -0.1) is 11.3 Å². The Bertz CT molecular complexity index is 937. The molecule has 1 fully saturated rings. The fourth-order valence-corrected chi connectivity index (χ4v) is 5.07. The number of thiazole rings is 1. The molecule has 2 aromatic rings. The predicted octanol–water partition coefficient (Wildman–Crippen LogP) is 4.68. The third kappa shape index (κ3) is 6.84. The summed E-state index contributed by atoms with van der Waals surface area (Å²) >= 11 is 1.35. The number of halogens is 1. The van der Waals surface area contributed by atoms with Crippen LogP contribution >= 0.6 is 11.3 Å². The number of carbonyl (C=O) groups is 2. The first-order chi connectivity index (χ1) is 15.8. The Balaban J connectivity index is 1.50. The van der Waals surface area contributed by atoms with Gasteiger partial charge in [-0.05, 0) is 70.2 Å². The molecule has 2 amide bonds. The monoisotopic (exact) mass is 475 g/mol.